The lowest BCUT2D eigenvalue weighted by atomic mass is 10.1. The van der Waals surface area contributed by atoms with E-state index in [1.165, 1.54) is 11.8 Å². The lowest BCUT2D eigenvalue weighted by molar-refractivity contribution is 0.102. The first-order valence-electron chi connectivity index (χ1n) is 7.17. The lowest BCUT2D eigenvalue weighted by Gasteiger charge is -2.16. The van der Waals surface area contributed by atoms with Crippen LogP contribution in [0.5, 0.6) is 5.75 Å². The van der Waals surface area contributed by atoms with Crippen LogP contribution >= 0.6 is 11.8 Å². The van der Waals surface area contributed by atoms with E-state index >= 15 is 0 Å². The quantitative estimate of drug-likeness (QED) is 0.799. The summed E-state index contributed by atoms with van der Waals surface area (Å²) in [5, 5.41) is 0.745. The second kappa shape index (κ2) is 6.44. The van der Waals surface area contributed by atoms with E-state index in [2.05, 4.69) is 9.98 Å². The van der Waals surface area contributed by atoms with Crippen LogP contribution in [0.4, 0.5) is 4.79 Å². The predicted octanol–water partition coefficient (Wildman–Crippen LogP) is 3.38. The van der Waals surface area contributed by atoms with Gasteiger partial charge in [-0.1, -0.05) is 0 Å². The fourth-order valence-electron chi connectivity index (χ4n) is 2.68. The van der Waals surface area contributed by atoms with Crippen molar-refractivity contribution in [2.24, 2.45) is 15.9 Å². The molecule has 0 N–H and O–H groups in total. The van der Waals surface area contributed by atoms with Crippen molar-refractivity contribution in [2.75, 3.05) is 12.9 Å². The molecule has 5 nitrogen and oxygen atoms in total. The van der Waals surface area contributed by atoms with Crippen molar-refractivity contribution in [2.45, 2.75) is 19.3 Å². The van der Waals surface area contributed by atoms with Crippen LogP contribution < -0.4 is 4.74 Å². The molecule has 1 aromatic rings. The number of carbonyl (C=O) groups is 2. The minimum Gasteiger partial charge on any atom is -0.497 e. The number of hydrogen-bond donors (Lipinski definition) is 0. The molecular formula is C16H16N2O3S. The molecular weight excluding hydrogens is 300 g/mol. The summed E-state index contributed by atoms with van der Waals surface area (Å²) in [6, 6.07) is 6.59. The molecule has 1 aliphatic heterocycles. The van der Waals surface area contributed by atoms with E-state index < -0.39 is 6.03 Å². The monoisotopic (exact) mass is 316 g/mol. The molecule has 0 aromatic heterocycles. The number of ether oxygens (including phenoxy) is 1. The number of aliphatic imine (C=N–C) groups is 2. The zero-order valence-electron chi connectivity index (χ0n) is 12.2. The van der Waals surface area contributed by atoms with Gasteiger partial charge in [0.2, 0.25) is 0 Å². The third-order valence-electron chi connectivity index (χ3n) is 3.83. The van der Waals surface area contributed by atoms with Gasteiger partial charge in [-0.2, -0.15) is 4.99 Å². The molecule has 0 radical (unpaired) electrons. The number of carbonyl (C=O) groups excluding carboxylic acids is 2. The van der Waals surface area contributed by atoms with E-state index in [9.17, 15) is 9.59 Å². The second-order valence-corrected chi connectivity index (χ2v) is 6.22. The molecule has 6 heteroatoms. The molecule has 0 saturated heterocycles. The fourth-order valence-corrected chi connectivity index (χ4v) is 3.72. The van der Waals surface area contributed by atoms with Crippen LogP contribution in [0.15, 0.2) is 34.3 Å². The minimum absolute atomic E-state index is 0.0184. The average Bonchev–Trinajstić information content (AvgIpc) is 3.00. The molecule has 2 amide bonds. The number of methoxy groups -OCH3 is 1. The number of nitrogens with zero attached hydrogens (tertiary/aromatic N) is 2. The van der Waals surface area contributed by atoms with E-state index in [-0.39, 0.29) is 17.5 Å². The van der Waals surface area contributed by atoms with Crippen molar-refractivity contribution in [3.8, 4) is 5.75 Å². The maximum Gasteiger partial charge on any atom is 0.367 e. The Labute approximate surface area is 132 Å². The molecule has 114 valence electrons. The van der Waals surface area contributed by atoms with Gasteiger partial charge in [0.15, 0.2) is 5.78 Å². The number of Topliss-reactive ketones (excluding diaryl/α,β-unsaturated/α-hetero) is 1. The van der Waals surface area contributed by atoms with Gasteiger partial charge < -0.3 is 4.74 Å². The Morgan fingerprint density at radius 3 is 2.82 bits per heavy atom. The van der Waals surface area contributed by atoms with Crippen LogP contribution in [0.3, 0.4) is 0 Å². The van der Waals surface area contributed by atoms with Crippen LogP contribution in [0.2, 0.25) is 0 Å². The molecule has 0 bridgehead atoms. The van der Waals surface area contributed by atoms with Gasteiger partial charge in [0.25, 0.3) is 0 Å². The Morgan fingerprint density at radius 2 is 2.09 bits per heavy atom. The molecule has 3 rings (SSSR count). The van der Waals surface area contributed by atoms with E-state index in [1.807, 2.05) is 0 Å². The van der Waals surface area contributed by atoms with Gasteiger partial charge in [-0.25, -0.2) is 9.79 Å². The number of rotatable bonds is 4. The van der Waals surface area contributed by atoms with E-state index in [0.717, 1.165) is 35.8 Å². The van der Waals surface area contributed by atoms with Gasteiger partial charge in [0.1, 0.15) is 5.75 Å². The number of amides is 2. The number of urea groups is 1. The molecule has 0 spiro atoms. The van der Waals surface area contributed by atoms with Crippen molar-refractivity contribution in [1.82, 2.24) is 0 Å². The lowest BCUT2D eigenvalue weighted by Crippen LogP contribution is -2.23. The van der Waals surface area contributed by atoms with Crippen molar-refractivity contribution in [1.29, 1.82) is 0 Å². The predicted molar refractivity (Wildman–Crippen MR) is 87.4 cm³/mol. The minimum atomic E-state index is -0.437. The molecule has 1 aromatic carbocycles. The normalized spacial score (nSPS) is 20.2. The highest BCUT2D eigenvalue weighted by Gasteiger charge is 2.32. The molecule has 1 fully saturated rings. The first kappa shape index (κ1) is 15.0. The summed E-state index contributed by atoms with van der Waals surface area (Å²) in [7, 11) is 1.59. The van der Waals surface area contributed by atoms with Crippen LogP contribution in [0.1, 0.15) is 29.6 Å². The Morgan fingerprint density at radius 1 is 1.32 bits per heavy atom. The van der Waals surface area contributed by atoms with Gasteiger partial charge in [0.05, 0.1) is 17.9 Å². The number of benzene rings is 1. The fraction of sp³-hybridized carbons (Fsp3) is 0.375. The molecule has 2 aliphatic rings. The Hall–Kier alpha value is -1.95. The summed E-state index contributed by atoms with van der Waals surface area (Å²) in [6.07, 6.45) is 2.86. The van der Waals surface area contributed by atoms with E-state index in [4.69, 9.17) is 4.74 Å². The maximum absolute atomic E-state index is 12.2. The van der Waals surface area contributed by atoms with Gasteiger partial charge >= 0.3 is 6.03 Å². The molecule has 1 heterocycles. The largest absolute Gasteiger partial charge is 0.497 e. The van der Waals surface area contributed by atoms with Crippen molar-refractivity contribution >= 4 is 34.3 Å². The summed E-state index contributed by atoms with van der Waals surface area (Å²) in [6.45, 7) is 0. The Kier molecular flexibility index (Phi) is 4.38. The summed E-state index contributed by atoms with van der Waals surface area (Å²) < 4.78 is 5.08. The summed E-state index contributed by atoms with van der Waals surface area (Å²) >= 11 is 1.36. The zero-order valence-corrected chi connectivity index (χ0v) is 13.1. The summed E-state index contributed by atoms with van der Waals surface area (Å²) in [5.41, 5.74) is 1.57. The second-order valence-electron chi connectivity index (χ2n) is 5.22. The molecule has 1 unspecified atom stereocenters. The topological polar surface area (TPSA) is 68.1 Å². The van der Waals surface area contributed by atoms with Crippen LogP contribution in [-0.2, 0) is 0 Å². The smallest absolute Gasteiger partial charge is 0.367 e. The number of thioether (sulfide) groups is 1. The third-order valence-corrected chi connectivity index (χ3v) is 4.91. The Balaban J connectivity index is 1.64. The van der Waals surface area contributed by atoms with Gasteiger partial charge in [-0.15, -0.1) is 11.8 Å². The summed E-state index contributed by atoms with van der Waals surface area (Å²) in [4.78, 5) is 31.7. The van der Waals surface area contributed by atoms with Gasteiger partial charge in [-0.05, 0) is 43.5 Å². The highest BCUT2D eigenvalue weighted by atomic mass is 32.2. The van der Waals surface area contributed by atoms with Crippen molar-refractivity contribution in [3.05, 3.63) is 29.8 Å². The summed E-state index contributed by atoms with van der Waals surface area (Å²) in [5.74, 6) is 1.16. The van der Waals surface area contributed by atoms with Crippen LogP contribution in [0, 0.1) is 5.92 Å². The van der Waals surface area contributed by atoms with E-state index in [0.29, 0.717) is 5.56 Å². The average molecular weight is 316 g/mol. The number of fused-ring (bicyclic) bond motifs is 1. The molecule has 1 aliphatic carbocycles. The molecule has 22 heavy (non-hydrogen) atoms. The van der Waals surface area contributed by atoms with Crippen molar-refractivity contribution in [3.63, 3.8) is 0 Å². The van der Waals surface area contributed by atoms with Crippen molar-refractivity contribution < 1.29 is 14.3 Å². The van der Waals surface area contributed by atoms with Gasteiger partial charge in [0, 0.05) is 17.2 Å². The molecule has 1 saturated carbocycles. The maximum atomic E-state index is 12.2. The molecule has 1 atom stereocenters. The zero-order chi connectivity index (χ0) is 15.5. The highest BCUT2D eigenvalue weighted by molar-refractivity contribution is 8.14. The number of ketones is 1. The third kappa shape index (κ3) is 3.11. The van der Waals surface area contributed by atoms with E-state index in [1.54, 1.807) is 31.4 Å². The van der Waals surface area contributed by atoms with Crippen LogP contribution in [0.25, 0.3) is 0 Å². The van der Waals surface area contributed by atoms with Gasteiger partial charge in [-0.3, -0.25) is 4.79 Å². The first-order valence-corrected chi connectivity index (χ1v) is 8.16. The highest BCUT2D eigenvalue weighted by Crippen LogP contribution is 2.31. The number of hydrogen-bond acceptors (Lipinski definition) is 4. The Bertz CT molecular complexity index is 664. The van der Waals surface area contributed by atoms with Crippen LogP contribution in [-0.4, -0.2) is 35.4 Å². The standard InChI is InChI=1S/C16H16N2O3S/c1-21-11-7-5-10(6-8-11)14(19)9-22-15-12-3-2-4-13(12)17-16(20)18-15/h5-8,12H,2-4,9H2,1H3. The SMILES string of the molecule is COc1ccc(C(=O)CSC2=NC(=O)N=C3CCCC32)cc1. The first-order chi connectivity index (χ1) is 10.7.